The molecule has 0 saturated carbocycles. The van der Waals surface area contributed by atoms with Gasteiger partial charge < -0.3 is 30.1 Å². The van der Waals surface area contributed by atoms with Gasteiger partial charge in [-0.05, 0) is 44.0 Å². The van der Waals surface area contributed by atoms with Gasteiger partial charge in [0.1, 0.15) is 17.8 Å². The molecule has 2 aromatic carbocycles. The van der Waals surface area contributed by atoms with Gasteiger partial charge in [-0.3, -0.25) is 19.2 Å². The van der Waals surface area contributed by atoms with Crippen molar-refractivity contribution in [2.75, 3.05) is 53.4 Å². The normalized spacial score (nSPS) is 22.2. The second kappa shape index (κ2) is 16.1. The van der Waals surface area contributed by atoms with E-state index in [1.807, 2.05) is 43.4 Å². The predicted molar refractivity (Wildman–Crippen MR) is 165 cm³/mol. The van der Waals surface area contributed by atoms with Gasteiger partial charge in [0.2, 0.25) is 17.7 Å². The van der Waals surface area contributed by atoms with Crippen LogP contribution in [0.5, 0.6) is 5.75 Å². The first-order valence-corrected chi connectivity index (χ1v) is 15.4. The zero-order valence-electron chi connectivity index (χ0n) is 25.4. The molecular formula is C33H45N5O5. The highest BCUT2D eigenvalue weighted by molar-refractivity contribution is 5.99. The van der Waals surface area contributed by atoms with Gasteiger partial charge in [-0.15, -0.1) is 0 Å². The van der Waals surface area contributed by atoms with Crippen molar-refractivity contribution in [1.29, 1.82) is 0 Å². The molecule has 2 aliphatic heterocycles. The summed E-state index contributed by atoms with van der Waals surface area (Å²) in [6.45, 7) is 3.62. The number of piperazine rings is 1. The molecule has 0 spiro atoms. The number of carbonyl (C=O) groups is 4. The summed E-state index contributed by atoms with van der Waals surface area (Å²) in [7, 11) is 3.78. The van der Waals surface area contributed by atoms with E-state index in [2.05, 4.69) is 15.5 Å². The molecule has 10 heteroatoms. The van der Waals surface area contributed by atoms with E-state index < -0.39 is 18.0 Å². The van der Waals surface area contributed by atoms with Gasteiger partial charge in [0.25, 0.3) is 5.91 Å². The Morgan fingerprint density at radius 2 is 1.53 bits per heavy atom. The summed E-state index contributed by atoms with van der Waals surface area (Å²) in [5, 5.41) is 5.84. The van der Waals surface area contributed by atoms with Gasteiger partial charge in [-0.25, -0.2) is 0 Å². The van der Waals surface area contributed by atoms with Crippen molar-refractivity contribution < 1.29 is 23.9 Å². The first kappa shape index (κ1) is 32.0. The minimum atomic E-state index is -0.900. The van der Waals surface area contributed by atoms with Crippen LogP contribution in [-0.2, 0) is 20.8 Å². The minimum absolute atomic E-state index is 0.0230. The minimum Gasteiger partial charge on any atom is -0.493 e. The number of amides is 4. The topological polar surface area (TPSA) is 111 Å². The molecule has 2 heterocycles. The van der Waals surface area contributed by atoms with Crippen LogP contribution in [0.1, 0.15) is 54.4 Å². The number of nitrogens with one attached hydrogen (secondary N) is 2. The van der Waals surface area contributed by atoms with Crippen molar-refractivity contribution in [3.63, 3.8) is 0 Å². The SMILES string of the molecule is CN1CCN(C(=O)[C@@H]2CCC(=O)N[C@@H](Cc3ccccc3)C(=O)N(C)CCCCCCOc3ccccc3C(=O)N2)CC1. The largest absolute Gasteiger partial charge is 0.493 e. The summed E-state index contributed by atoms with van der Waals surface area (Å²) in [6, 6.07) is 15.0. The molecule has 0 bridgehead atoms. The fraction of sp³-hybridized carbons (Fsp3) is 0.515. The van der Waals surface area contributed by atoms with Gasteiger partial charge in [-0.1, -0.05) is 55.3 Å². The van der Waals surface area contributed by atoms with Crippen LogP contribution in [0.25, 0.3) is 0 Å². The molecular weight excluding hydrogens is 546 g/mol. The highest BCUT2D eigenvalue weighted by Gasteiger charge is 2.30. The van der Waals surface area contributed by atoms with E-state index in [0.29, 0.717) is 44.0 Å². The third-order valence-corrected chi connectivity index (χ3v) is 8.15. The van der Waals surface area contributed by atoms with E-state index in [9.17, 15) is 19.2 Å². The third kappa shape index (κ3) is 9.54. The lowest BCUT2D eigenvalue weighted by Gasteiger charge is -2.35. The molecule has 2 aliphatic rings. The molecule has 0 radical (unpaired) electrons. The number of likely N-dealkylation sites (N-methyl/N-ethyl adjacent to an activating group) is 2. The van der Waals surface area contributed by atoms with E-state index in [-0.39, 0.29) is 30.6 Å². The quantitative estimate of drug-likeness (QED) is 0.568. The standard InChI is InChI=1S/C33H45N5O5/c1-36-19-21-38(22-20-36)33(42)27-16-17-30(39)34-28(24-25-12-6-5-7-13-25)32(41)37(2)18-10-3-4-11-23-43-29-15-9-8-14-26(29)31(40)35-27/h5-9,12-15,27-28H,3-4,10-11,16-24H2,1-2H3,(H,34,39)(H,35,40)/t27-,28-/m0/s1. The number of rotatable bonds is 3. The highest BCUT2D eigenvalue weighted by Crippen LogP contribution is 2.20. The lowest BCUT2D eigenvalue weighted by molar-refractivity contribution is -0.136. The Morgan fingerprint density at radius 1 is 0.837 bits per heavy atom. The van der Waals surface area contributed by atoms with Crippen LogP contribution >= 0.6 is 0 Å². The van der Waals surface area contributed by atoms with Crippen LogP contribution in [0, 0.1) is 0 Å². The third-order valence-electron chi connectivity index (χ3n) is 8.15. The molecule has 0 aliphatic carbocycles. The molecule has 4 rings (SSSR count). The smallest absolute Gasteiger partial charge is 0.255 e. The fourth-order valence-electron chi connectivity index (χ4n) is 5.48. The number of ether oxygens (including phenoxy) is 1. The maximum Gasteiger partial charge on any atom is 0.255 e. The van der Waals surface area contributed by atoms with Gasteiger partial charge in [0.15, 0.2) is 0 Å². The molecule has 1 saturated heterocycles. The Hall–Kier alpha value is -3.92. The number of fused-ring (bicyclic) bond motifs is 1. The second-order valence-electron chi connectivity index (χ2n) is 11.5. The van der Waals surface area contributed by atoms with E-state index in [0.717, 1.165) is 44.3 Å². The molecule has 0 unspecified atom stereocenters. The van der Waals surface area contributed by atoms with E-state index in [4.69, 9.17) is 4.74 Å². The van der Waals surface area contributed by atoms with Crippen molar-refractivity contribution >= 4 is 23.6 Å². The Balaban J connectivity index is 1.55. The predicted octanol–water partition coefficient (Wildman–Crippen LogP) is 2.48. The van der Waals surface area contributed by atoms with Crippen molar-refractivity contribution in [1.82, 2.24) is 25.3 Å². The van der Waals surface area contributed by atoms with Crippen LogP contribution < -0.4 is 15.4 Å². The van der Waals surface area contributed by atoms with Crippen LogP contribution in [0.15, 0.2) is 54.6 Å². The highest BCUT2D eigenvalue weighted by atomic mass is 16.5. The maximum atomic E-state index is 13.7. The average Bonchev–Trinajstić information content (AvgIpc) is 3.02. The molecule has 2 aromatic rings. The van der Waals surface area contributed by atoms with Crippen molar-refractivity contribution in [3.8, 4) is 5.75 Å². The van der Waals surface area contributed by atoms with Crippen LogP contribution in [0.4, 0.5) is 0 Å². The summed E-state index contributed by atoms with van der Waals surface area (Å²) < 4.78 is 5.98. The number of hydrogen-bond acceptors (Lipinski definition) is 6. The van der Waals surface area contributed by atoms with E-state index in [1.165, 1.54) is 0 Å². The van der Waals surface area contributed by atoms with Gasteiger partial charge in [0.05, 0.1) is 12.2 Å². The second-order valence-corrected chi connectivity index (χ2v) is 11.5. The molecule has 232 valence electrons. The lowest BCUT2D eigenvalue weighted by Crippen LogP contribution is -2.54. The zero-order valence-corrected chi connectivity index (χ0v) is 25.4. The first-order valence-electron chi connectivity index (χ1n) is 15.4. The van der Waals surface area contributed by atoms with E-state index >= 15 is 0 Å². The van der Waals surface area contributed by atoms with Gasteiger partial charge >= 0.3 is 0 Å². The van der Waals surface area contributed by atoms with Crippen molar-refractivity contribution in [2.24, 2.45) is 0 Å². The first-order chi connectivity index (χ1) is 20.8. The Morgan fingerprint density at radius 3 is 2.30 bits per heavy atom. The number of para-hydroxylation sites is 1. The molecule has 4 amide bonds. The van der Waals surface area contributed by atoms with Crippen molar-refractivity contribution in [3.05, 3.63) is 65.7 Å². The Bertz CT molecular complexity index is 1230. The van der Waals surface area contributed by atoms with E-state index in [1.54, 1.807) is 35.0 Å². The summed E-state index contributed by atoms with van der Waals surface area (Å²) in [4.78, 5) is 59.5. The van der Waals surface area contributed by atoms with Crippen molar-refractivity contribution in [2.45, 2.75) is 57.0 Å². The van der Waals surface area contributed by atoms with Crippen LogP contribution in [0.3, 0.4) is 0 Å². The number of hydrogen-bond donors (Lipinski definition) is 2. The molecule has 2 atom stereocenters. The molecule has 2 N–H and O–H groups in total. The molecule has 10 nitrogen and oxygen atoms in total. The Kier molecular flexibility index (Phi) is 12.0. The summed E-state index contributed by atoms with van der Waals surface area (Å²) in [5.74, 6) is -0.645. The van der Waals surface area contributed by atoms with Gasteiger partial charge in [-0.2, -0.15) is 0 Å². The molecule has 1 fully saturated rings. The molecule has 0 aromatic heterocycles. The fourth-order valence-corrected chi connectivity index (χ4v) is 5.48. The average molecular weight is 592 g/mol. The number of nitrogens with zero attached hydrogens (tertiary/aromatic N) is 3. The van der Waals surface area contributed by atoms with Crippen LogP contribution in [-0.4, -0.2) is 104 Å². The van der Waals surface area contributed by atoms with Crippen LogP contribution in [0.2, 0.25) is 0 Å². The van der Waals surface area contributed by atoms with Gasteiger partial charge in [0, 0.05) is 52.6 Å². The monoisotopic (exact) mass is 591 g/mol. The number of carbonyl (C=O) groups excluding carboxylic acids is 4. The molecule has 43 heavy (non-hydrogen) atoms. The lowest BCUT2D eigenvalue weighted by atomic mass is 10.0. The summed E-state index contributed by atoms with van der Waals surface area (Å²) in [6.07, 6.45) is 3.94. The number of benzene rings is 2. The summed E-state index contributed by atoms with van der Waals surface area (Å²) >= 11 is 0. The Labute approximate surface area is 254 Å². The zero-order chi connectivity index (χ0) is 30.6. The summed E-state index contributed by atoms with van der Waals surface area (Å²) in [5.41, 5.74) is 1.30. The maximum absolute atomic E-state index is 13.7.